The van der Waals surface area contributed by atoms with Gasteiger partial charge in [0.25, 0.3) is 0 Å². The third kappa shape index (κ3) is 0.425. The molecule has 0 radical (unpaired) electrons. The maximum Gasteiger partial charge on any atom is 0.0874 e. The number of rotatable bonds is 0. The van der Waals surface area contributed by atoms with E-state index in [0.717, 1.165) is 10.8 Å². The lowest BCUT2D eigenvalue weighted by molar-refractivity contribution is 0.715. The van der Waals surface area contributed by atoms with Gasteiger partial charge in [-0.1, -0.05) is 31.9 Å². The predicted molar refractivity (Wildman–Crippen MR) is 43.9 cm³/mol. The Morgan fingerprint density at radius 2 is 1.56 bits per heavy atom. The largest absolute Gasteiger partial charge is 0.0874 e. The Morgan fingerprint density at radius 3 is 1.67 bits per heavy atom. The molecule has 0 aromatic carbocycles. The summed E-state index contributed by atoms with van der Waals surface area (Å²) < 4.78 is 0.378. The van der Waals surface area contributed by atoms with E-state index in [1.165, 1.54) is 25.7 Å². The second kappa shape index (κ2) is 1.08. The van der Waals surface area contributed by atoms with Crippen LogP contribution in [0.25, 0.3) is 0 Å². The minimum Gasteiger partial charge on any atom is -0.0721 e. The second-order valence-corrected chi connectivity index (χ2v) is 7.69. The van der Waals surface area contributed by atoms with E-state index in [4.69, 9.17) is 0 Å². The summed E-state index contributed by atoms with van der Waals surface area (Å²) in [4.78, 5) is 0. The first-order valence-corrected chi connectivity index (χ1v) is 5.09. The molecule has 2 spiro atoms. The maximum absolute atomic E-state index is 3.70. The molecule has 0 saturated heterocycles. The van der Waals surface area contributed by atoms with Crippen molar-refractivity contribution in [3.63, 3.8) is 0 Å². The molecule has 0 nitrogen and oxygen atoms in total. The molecule has 0 bridgehead atoms. The van der Waals surface area contributed by atoms with Crippen molar-refractivity contribution in [3.05, 3.63) is 0 Å². The van der Waals surface area contributed by atoms with Crippen LogP contribution in [0.5, 0.6) is 0 Å². The van der Waals surface area contributed by atoms with Gasteiger partial charge in [0.05, 0.1) is 3.23 Å². The molecule has 0 N–H and O–H groups in total. The lowest BCUT2D eigenvalue weighted by atomic mass is 10.3. The third-order valence-electron chi connectivity index (χ3n) is 3.48. The van der Waals surface area contributed by atoms with Crippen LogP contribution in [-0.2, 0) is 0 Å². The van der Waals surface area contributed by atoms with E-state index >= 15 is 0 Å². The van der Waals surface area contributed by atoms with Crippen LogP contribution in [0.3, 0.4) is 0 Å². The molecule has 1 unspecified atom stereocenters. The van der Waals surface area contributed by atoms with Crippen LogP contribution in [0, 0.1) is 10.8 Å². The molecular formula is C7H8Br2. The lowest BCUT2D eigenvalue weighted by Gasteiger charge is -1.93. The molecule has 0 heterocycles. The molecule has 0 aromatic heterocycles. The highest BCUT2D eigenvalue weighted by Crippen LogP contribution is 2.95. The van der Waals surface area contributed by atoms with E-state index in [1.54, 1.807) is 0 Å². The molecular weight excluding hydrogens is 244 g/mol. The van der Waals surface area contributed by atoms with Crippen molar-refractivity contribution in [2.45, 2.75) is 28.9 Å². The first-order chi connectivity index (χ1) is 4.12. The maximum atomic E-state index is 3.70. The Labute approximate surface area is 71.6 Å². The van der Waals surface area contributed by atoms with E-state index in [-0.39, 0.29) is 0 Å². The van der Waals surface area contributed by atoms with Crippen molar-refractivity contribution in [2.75, 3.05) is 0 Å². The average molecular weight is 252 g/mol. The van der Waals surface area contributed by atoms with Crippen LogP contribution in [0.1, 0.15) is 25.7 Å². The molecule has 3 aliphatic rings. The topological polar surface area (TPSA) is 0 Å². The number of hydrogen-bond acceptors (Lipinski definition) is 0. The minimum absolute atomic E-state index is 0.378. The molecule has 3 aliphatic carbocycles. The number of alkyl halides is 2. The Morgan fingerprint density at radius 1 is 1.00 bits per heavy atom. The fraction of sp³-hybridized carbons (Fsp3) is 1.00. The second-order valence-electron chi connectivity index (χ2n) is 3.92. The van der Waals surface area contributed by atoms with Crippen LogP contribution in [0.15, 0.2) is 0 Å². The Bertz CT molecular complexity index is 181. The van der Waals surface area contributed by atoms with Gasteiger partial charge in [-0.3, -0.25) is 0 Å². The zero-order valence-electron chi connectivity index (χ0n) is 5.08. The molecule has 2 heteroatoms. The van der Waals surface area contributed by atoms with Gasteiger partial charge in [-0.25, -0.2) is 0 Å². The summed E-state index contributed by atoms with van der Waals surface area (Å²) in [6, 6.07) is 0. The monoisotopic (exact) mass is 250 g/mol. The van der Waals surface area contributed by atoms with Crippen molar-refractivity contribution in [1.29, 1.82) is 0 Å². The van der Waals surface area contributed by atoms with Crippen molar-refractivity contribution in [3.8, 4) is 0 Å². The SMILES string of the molecule is BrC1(Br)CC12CC21CC1. The summed E-state index contributed by atoms with van der Waals surface area (Å²) in [5.74, 6) is 0. The van der Waals surface area contributed by atoms with Crippen LogP contribution in [0.4, 0.5) is 0 Å². The van der Waals surface area contributed by atoms with Gasteiger partial charge < -0.3 is 0 Å². The van der Waals surface area contributed by atoms with E-state index in [1.807, 2.05) is 0 Å². The summed E-state index contributed by atoms with van der Waals surface area (Å²) >= 11 is 7.40. The normalized spacial score (nSPS) is 54.0. The quantitative estimate of drug-likeness (QED) is 0.581. The van der Waals surface area contributed by atoms with Gasteiger partial charge in [0.15, 0.2) is 0 Å². The number of halogens is 2. The van der Waals surface area contributed by atoms with Gasteiger partial charge >= 0.3 is 0 Å². The van der Waals surface area contributed by atoms with Gasteiger partial charge in [0.1, 0.15) is 0 Å². The average Bonchev–Trinajstić information content (AvgIpc) is 2.54. The highest BCUT2D eigenvalue weighted by Gasteiger charge is 2.89. The standard InChI is InChI=1S/C7H8Br2/c8-7(9)4-6(7)3-5(6)1-2-5/h1-4H2. The summed E-state index contributed by atoms with van der Waals surface area (Å²) in [5.41, 5.74) is 1.58. The van der Waals surface area contributed by atoms with E-state index < -0.39 is 0 Å². The van der Waals surface area contributed by atoms with Crippen molar-refractivity contribution in [2.24, 2.45) is 10.8 Å². The number of hydrogen-bond donors (Lipinski definition) is 0. The Hall–Kier alpha value is 0.960. The van der Waals surface area contributed by atoms with Gasteiger partial charge in [-0.15, -0.1) is 0 Å². The fourth-order valence-electron chi connectivity index (χ4n) is 2.44. The van der Waals surface area contributed by atoms with E-state index in [0.29, 0.717) is 3.23 Å². The fourth-order valence-corrected chi connectivity index (χ4v) is 4.52. The van der Waals surface area contributed by atoms with Gasteiger partial charge in [0.2, 0.25) is 0 Å². The predicted octanol–water partition coefficient (Wildman–Crippen LogP) is 3.05. The van der Waals surface area contributed by atoms with Crippen molar-refractivity contribution >= 4 is 31.9 Å². The smallest absolute Gasteiger partial charge is 0.0721 e. The Balaban J connectivity index is 1.98. The van der Waals surface area contributed by atoms with Gasteiger partial charge in [0, 0.05) is 5.41 Å². The number of fused-ring (bicyclic) bond motifs is 1. The first-order valence-electron chi connectivity index (χ1n) is 3.50. The zero-order chi connectivity index (χ0) is 6.33. The first kappa shape index (κ1) is 5.59. The highest BCUT2D eigenvalue weighted by molar-refractivity contribution is 9.25. The summed E-state index contributed by atoms with van der Waals surface area (Å²) in [6.07, 6.45) is 5.88. The van der Waals surface area contributed by atoms with Crippen LogP contribution >= 0.6 is 31.9 Å². The van der Waals surface area contributed by atoms with E-state index in [9.17, 15) is 0 Å². The zero-order valence-corrected chi connectivity index (χ0v) is 8.26. The Kier molecular flexibility index (Phi) is 0.669. The van der Waals surface area contributed by atoms with Gasteiger partial charge in [-0.05, 0) is 31.1 Å². The van der Waals surface area contributed by atoms with Crippen molar-refractivity contribution < 1.29 is 0 Å². The molecule has 0 aromatic rings. The molecule has 50 valence electrons. The molecule has 9 heavy (non-hydrogen) atoms. The molecule has 1 atom stereocenters. The lowest BCUT2D eigenvalue weighted by Crippen LogP contribution is -1.89. The van der Waals surface area contributed by atoms with Crippen LogP contribution in [-0.4, -0.2) is 3.23 Å². The molecule has 3 saturated carbocycles. The molecule has 0 aliphatic heterocycles. The summed E-state index contributed by atoms with van der Waals surface area (Å²) in [6.45, 7) is 0. The summed E-state index contributed by atoms with van der Waals surface area (Å²) in [5, 5.41) is 0. The van der Waals surface area contributed by atoms with Crippen LogP contribution < -0.4 is 0 Å². The van der Waals surface area contributed by atoms with Gasteiger partial charge in [-0.2, -0.15) is 0 Å². The van der Waals surface area contributed by atoms with Crippen LogP contribution in [0.2, 0.25) is 0 Å². The third-order valence-corrected chi connectivity index (χ3v) is 5.56. The molecule has 0 amide bonds. The minimum atomic E-state index is 0.378. The van der Waals surface area contributed by atoms with Crippen molar-refractivity contribution in [1.82, 2.24) is 0 Å². The highest BCUT2D eigenvalue weighted by atomic mass is 79.9. The molecule has 3 rings (SSSR count). The van der Waals surface area contributed by atoms with E-state index in [2.05, 4.69) is 31.9 Å². The summed E-state index contributed by atoms with van der Waals surface area (Å²) in [7, 11) is 0. The molecule has 3 fully saturated rings.